The zero-order valence-electron chi connectivity index (χ0n) is 10.2. The SMILES string of the molecule is Oc1cc(-c2cccc(F)c2)n(-c2ncccc2F)n1. The Morgan fingerprint density at radius 3 is 2.65 bits per heavy atom. The molecule has 1 aromatic carbocycles. The third-order valence-electron chi connectivity index (χ3n) is 2.76. The summed E-state index contributed by atoms with van der Waals surface area (Å²) in [6.45, 7) is 0. The van der Waals surface area contributed by atoms with Gasteiger partial charge in [0.1, 0.15) is 5.82 Å². The van der Waals surface area contributed by atoms with Crippen molar-refractivity contribution in [2.75, 3.05) is 0 Å². The Bertz CT molecular complexity index is 771. The summed E-state index contributed by atoms with van der Waals surface area (Å²) in [6.07, 6.45) is 1.41. The van der Waals surface area contributed by atoms with Crippen LogP contribution in [0.2, 0.25) is 0 Å². The molecule has 0 radical (unpaired) electrons. The minimum Gasteiger partial charge on any atom is -0.492 e. The van der Waals surface area contributed by atoms with E-state index >= 15 is 0 Å². The Morgan fingerprint density at radius 1 is 1.05 bits per heavy atom. The highest BCUT2D eigenvalue weighted by Gasteiger charge is 2.15. The summed E-state index contributed by atoms with van der Waals surface area (Å²) in [4.78, 5) is 3.89. The van der Waals surface area contributed by atoms with E-state index in [4.69, 9.17) is 0 Å². The standard InChI is InChI=1S/C14H9F2N3O/c15-10-4-1-3-9(7-10)12-8-13(20)18-19(12)14-11(16)5-2-6-17-14/h1-8H,(H,18,20). The molecule has 2 heterocycles. The lowest BCUT2D eigenvalue weighted by Gasteiger charge is -2.07. The predicted octanol–water partition coefficient (Wildman–Crippen LogP) is 2.92. The van der Waals surface area contributed by atoms with Crippen LogP contribution in [0.15, 0.2) is 48.7 Å². The van der Waals surface area contributed by atoms with Gasteiger partial charge in [0.15, 0.2) is 11.6 Å². The molecule has 0 aliphatic rings. The van der Waals surface area contributed by atoms with Crippen LogP contribution >= 0.6 is 0 Å². The maximum atomic E-state index is 13.8. The first-order chi connectivity index (χ1) is 9.65. The van der Waals surface area contributed by atoms with Crippen LogP contribution in [0, 0.1) is 11.6 Å². The first-order valence-corrected chi connectivity index (χ1v) is 5.81. The summed E-state index contributed by atoms with van der Waals surface area (Å²) in [5.74, 6) is -1.38. The second-order valence-corrected chi connectivity index (χ2v) is 4.12. The van der Waals surface area contributed by atoms with Gasteiger partial charge in [0.2, 0.25) is 5.88 Å². The first kappa shape index (κ1) is 12.3. The summed E-state index contributed by atoms with van der Waals surface area (Å²) < 4.78 is 28.2. The second kappa shape index (κ2) is 4.73. The van der Waals surface area contributed by atoms with E-state index in [9.17, 15) is 13.9 Å². The summed E-state index contributed by atoms with van der Waals surface area (Å²) in [7, 11) is 0. The lowest BCUT2D eigenvalue weighted by molar-refractivity contribution is 0.446. The highest BCUT2D eigenvalue weighted by Crippen LogP contribution is 2.26. The molecule has 4 nitrogen and oxygen atoms in total. The van der Waals surface area contributed by atoms with Crippen LogP contribution in [0.5, 0.6) is 5.88 Å². The van der Waals surface area contributed by atoms with Crippen LogP contribution in [-0.2, 0) is 0 Å². The maximum Gasteiger partial charge on any atom is 0.231 e. The molecule has 20 heavy (non-hydrogen) atoms. The van der Waals surface area contributed by atoms with Crippen molar-refractivity contribution in [2.24, 2.45) is 0 Å². The van der Waals surface area contributed by atoms with Gasteiger partial charge in [-0.2, -0.15) is 0 Å². The second-order valence-electron chi connectivity index (χ2n) is 4.12. The highest BCUT2D eigenvalue weighted by atomic mass is 19.1. The Balaban J connectivity index is 2.21. The normalized spacial score (nSPS) is 10.7. The van der Waals surface area contributed by atoms with Crippen molar-refractivity contribution in [1.29, 1.82) is 0 Å². The van der Waals surface area contributed by atoms with Crippen molar-refractivity contribution in [1.82, 2.24) is 14.8 Å². The average molecular weight is 273 g/mol. The predicted molar refractivity (Wildman–Crippen MR) is 68.4 cm³/mol. The molecule has 0 saturated carbocycles. The molecule has 1 N–H and O–H groups in total. The minimum absolute atomic E-state index is 0.0629. The van der Waals surface area contributed by atoms with Crippen molar-refractivity contribution in [2.45, 2.75) is 0 Å². The van der Waals surface area contributed by atoms with E-state index < -0.39 is 11.6 Å². The van der Waals surface area contributed by atoms with Crippen molar-refractivity contribution >= 4 is 0 Å². The number of aromatic nitrogens is 3. The van der Waals surface area contributed by atoms with Gasteiger partial charge in [0, 0.05) is 17.8 Å². The fourth-order valence-corrected chi connectivity index (χ4v) is 1.92. The Hall–Kier alpha value is -2.76. The fraction of sp³-hybridized carbons (Fsp3) is 0. The van der Waals surface area contributed by atoms with Crippen LogP contribution in [0.1, 0.15) is 0 Å². The van der Waals surface area contributed by atoms with Gasteiger partial charge < -0.3 is 5.11 Å². The zero-order valence-corrected chi connectivity index (χ0v) is 10.2. The molecular formula is C14H9F2N3O. The highest BCUT2D eigenvalue weighted by molar-refractivity contribution is 5.62. The van der Waals surface area contributed by atoms with E-state index in [0.29, 0.717) is 11.3 Å². The van der Waals surface area contributed by atoms with Gasteiger partial charge in [0.25, 0.3) is 0 Å². The van der Waals surface area contributed by atoms with E-state index in [2.05, 4.69) is 10.1 Å². The number of pyridine rings is 1. The van der Waals surface area contributed by atoms with Crippen LogP contribution in [0.25, 0.3) is 17.1 Å². The quantitative estimate of drug-likeness (QED) is 0.781. The lowest BCUT2D eigenvalue weighted by atomic mass is 10.1. The first-order valence-electron chi connectivity index (χ1n) is 5.81. The van der Waals surface area contributed by atoms with Gasteiger partial charge >= 0.3 is 0 Å². The topological polar surface area (TPSA) is 50.9 Å². The van der Waals surface area contributed by atoms with Crippen molar-refractivity contribution < 1.29 is 13.9 Å². The fourth-order valence-electron chi connectivity index (χ4n) is 1.92. The van der Waals surface area contributed by atoms with Gasteiger partial charge in [-0.1, -0.05) is 12.1 Å². The van der Waals surface area contributed by atoms with Gasteiger partial charge in [-0.05, 0) is 24.3 Å². The van der Waals surface area contributed by atoms with E-state index in [1.165, 1.54) is 42.6 Å². The molecule has 0 amide bonds. The molecule has 100 valence electrons. The maximum absolute atomic E-state index is 13.8. The van der Waals surface area contributed by atoms with Crippen LogP contribution < -0.4 is 0 Å². The van der Waals surface area contributed by atoms with E-state index in [0.717, 1.165) is 4.68 Å². The molecule has 0 saturated heterocycles. The number of hydrogen-bond acceptors (Lipinski definition) is 3. The zero-order chi connectivity index (χ0) is 14.1. The van der Waals surface area contributed by atoms with E-state index in [1.807, 2.05) is 0 Å². The minimum atomic E-state index is -0.590. The molecule has 0 aliphatic heterocycles. The molecule has 0 aliphatic carbocycles. The van der Waals surface area contributed by atoms with Gasteiger partial charge in [-0.3, -0.25) is 0 Å². The molecule has 6 heteroatoms. The molecule has 3 rings (SSSR count). The molecule has 3 aromatic rings. The number of rotatable bonds is 2. The third-order valence-corrected chi connectivity index (χ3v) is 2.76. The number of hydrogen-bond donors (Lipinski definition) is 1. The van der Waals surface area contributed by atoms with Crippen molar-refractivity contribution in [3.63, 3.8) is 0 Å². The Labute approximate surface area is 112 Å². The van der Waals surface area contributed by atoms with Crippen molar-refractivity contribution in [3.05, 3.63) is 60.3 Å². The number of benzene rings is 1. The van der Waals surface area contributed by atoms with Gasteiger partial charge in [-0.15, -0.1) is 5.10 Å². The van der Waals surface area contributed by atoms with E-state index in [-0.39, 0.29) is 11.7 Å². The molecular weight excluding hydrogens is 264 g/mol. The van der Waals surface area contributed by atoms with Crippen molar-refractivity contribution in [3.8, 4) is 23.0 Å². The molecule has 0 bridgehead atoms. The Morgan fingerprint density at radius 2 is 1.90 bits per heavy atom. The molecule has 0 spiro atoms. The summed E-state index contributed by atoms with van der Waals surface area (Å²) in [5.41, 5.74) is 0.808. The largest absolute Gasteiger partial charge is 0.492 e. The number of aromatic hydroxyl groups is 1. The smallest absolute Gasteiger partial charge is 0.231 e. The van der Waals surface area contributed by atoms with Crippen LogP contribution in [0.3, 0.4) is 0 Å². The monoisotopic (exact) mass is 273 g/mol. The lowest BCUT2D eigenvalue weighted by Crippen LogP contribution is -2.04. The average Bonchev–Trinajstić information content (AvgIpc) is 2.81. The van der Waals surface area contributed by atoms with Crippen LogP contribution in [-0.4, -0.2) is 19.9 Å². The van der Waals surface area contributed by atoms with Gasteiger partial charge in [-0.25, -0.2) is 18.4 Å². The van der Waals surface area contributed by atoms with Gasteiger partial charge in [0.05, 0.1) is 5.69 Å². The number of nitrogens with zero attached hydrogens (tertiary/aromatic N) is 3. The molecule has 0 unspecified atom stereocenters. The molecule has 0 atom stereocenters. The summed E-state index contributed by atoms with van der Waals surface area (Å²) in [5, 5.41) is 13.3. The molecule has 2 aromatic heterocycles. The summed E-state index contributed by atoms with van der Waals surface area (Å²) >= 11 is 0. The Kier molecular flexibility index (Phi) is 2.90. The summed E-state index contributed by atoms with van der Waals surface area (Å²) in [6, 6.07) is 9.73. The number of halogens is 2. The van der Waals surface area contributed by atoms with Crippen LogP contribution in [0.4, 0.5) is 8.78 Å². The molecule has 0 fully saturated rings. The van der Waals surface area contributed by atoms with E-state index in [1.54, 1.807) is 6.07 Å². The third kappa shape index (κ3) is 2.11.